The lowest BCUT2D eigenvalue weighted by Crippen LogP contribution is -1.96. The van der Waals surface area contributed by atoms with Crippen LogP contribution < -0.4 is 0 Å². The average Bonchev–Trinajstić information content (AvgIpc) is 2.06. The molecule has 0 aliphatic heterocycles. The summed E-state index contributed by atoms with van der Waals surface area (Å²) in [6.45, 7) is 1.86. The molecule has 0 N–H and O–H groups in total. The largest absolute Gasteiger partial charge is 0.285 e. The molecule has 0 saturated heterocycles. The molecular weight excluding hydrogens is 156 g/mol. The lowest BCUT2D eigenvalue weighted by atomic mass is 10.3. The number of nitrogens with zero attached hydrogens (tertiary/aromatic N) is 4. The molecule has 5 heteroatoms. The topological polar surface area (TPSA) is 78.7 Å². The lowest BCUT2D eigenvalue weighted by Gasteiger charge is -1.93. The minimum absolute atomic E-state index is 0.165. The maximum atomic E-state index is 10.9. The molecule has 60 valence electrons. The van der Waals surface area contributed by atoms with Gasteiger partial charge in [-0.05, 0) is 29.2 Å². The van der Waals surface area contributed by atoms with E-state index in [1.54, 1.807) is 12.3 Å². The number of aromatic nitrogens is 1. The van der Waals surface area contributed by atoms with Crippen LogP contribution in [-0.4, -0.2) is 10.9 Å². The number of amides is 1. The minimum Gasteiger partial charge on any atom is -0.285 e. The maximum absolute atomic E-state index is 10.9. The number of hydrogen-bond donors (Lipinski definition) is 0. The third-order valence-corrected chi connectivity index (χ3v) is 1.27. The summed E-state index contributed by atoms with van der Waals surface area (Å²) < 4.78 is 0. The maximum Gasteiger partial charge on any atom is 0.267 e. The zero-order valence-electron chi connectivity index (χ0n) is 6.43. The van der Waals surface area contributed by atoms with Gasteiger partial charge in [-0.1, -0.05) is 6.07 Å². The third kappa shape index (κ3) is 1.81. The Balaban J connectivity index is 2.97. The molecule has 12 heavy (non-hydrogen) atoms. The molecule has 0 atom stereocenters. The number of carbonyl (C=O) groups is 1. The van der Waals surface area contributed by atoms with Crippen LogP contribution in [0.3, 0.4) is 0 Å². The van der Waals surface area contributed by atoms with Crippen LogP contribution in [0, 0.1) is 6.92 Å². The van der Waals surface area contributed by atoms with E-state index in [1.807, 2.05) is 6.92 Å². The molecule has 0 aliphatic rings. The van der Waals surface area contributed by atoms with Crippen LogP contribution in [0.15, 0.2) is 23.4 Å². The van der Waals surface area contributed by atoms with Gasteiger partial charge in [-0.3, -0.25) is 9.78 Å². The highest BCUT2D eigenvalue weighted by Crippen LogP contribution is 1.99. The predicted octanol–water partition coefficient (Wildman–Crippen LogP) is 1.84. The smallest absolute Gasteiger partial charge is 0.267 e. The van der Waals surface area contributed by atoms with Crippen molar-refractivity contribution >= 4 is 5.91 Å². The quantitative estimate of drug-likeness (QED) is 0.358. The fourth-order valence-corrected chi connectivity index (χ4v) is 0.686. The van der Waals surface area contributed by atoms with Gasteiger partial charge in [0.15, 0.2) is 0 Å². The number of pyridine rings is 1. The standard InChI is InChI=1S/C7H6N4O/c1-5-2-3-6(9-4-5)7(12)10-11-8/h2-4H,1H3. The first-order chi connectivity index (χ1) is 5.74. The van der Waals surface area contributed by atoms with Crippen molar-refractivity contribution in [3.05, 3.63) is 40.0 Å². The van der Waals surface area contributed by atoms with E-state index >= 15 is 0 Å². The first-order valence-corrected chi connectivity index (χ1v) is 3.26. The van der Waals surface area contributed by atoms with Crippen LogP contribution >= 0.6 is 0 Å². The SMILES string of the molecule is Cc1ccc(C(=O)N=[N+]=[N-])nc1. The Morgan fingerprint density at radius 2 is 2.42 bits per heavy atom. The van der Waals surface area contributed by atoms with Crippen molar-refractivity contribution in [2.45, 2.75) is 6.92 Å². The second-order valence-electron chi connectivity index (χ2n) is 2.22. The Kier molecular flexibility index (Phi) is 2.40. The fourth-order valence-electron chi connectivity index (χ4n) is 0.686. The second-order valence-corrected chi connectivity index (χ2v) is 2.22. The molecule has 0 radical (unpaired) electrons. The van der Waals surface area contributed by atoms with E-state index in [0.29, 0.717) is 0 Å². The molecule has 1 rings (SSSR count). The van der Waals surface area contributed by atoms with Crippen molar-refractivity contribution in [1.82, 2.24) is 4.98 Å². The Morgan fingerprint density at radius 1 is 1.67 bits per heavy atom. The highest BCUT2D eigenvalue weighted by molar-refractivity contribution is 5.92. The summed E-state index contributed by atoms with van der Waals surface area (Å²) in [7, 11) is 0. The molecule has 1 aromatic heterocycles. The van der Waals surface area contributed by atoms with E-state index in [1.165, 1.54) is 6.07 Å². The Bertz CT molecular complexity index is 337. The highest BCUT2D eigenvalue weighted by atomic mass is 16.1. The summed E-state index contributed by atoms with van der Waals surface area (Å²) in [5.41, 5.74) is 9.08. The first-order valence-electron chi connectivity index (χ1n) is 3.26. The number of hydrogen-bond acceptors (Lipinski definition) is 2. The Labute approximate surface area is 68.7 Å². The molecule has 5 nitrogen and oxygen atoms in total. The Hall–Kier alpha value is -1.87. The zero-order valence-corrected chi connectivity index (χ0v) is 6.43. The fraction of sp³-hybridized carbons (Fsp3) is 0.143. The van der Waals surface area contributed by atoms with Crippen molar-refractivity contribution < 1.29 is 4.79 Å². The van der Waals surface area contributed by atoms with E-state index in [2.05, 4.69) is 15.0 Å². The summed E-state index contributed by atoms with van der Waals surface area (Å²) in [6.07, 6.45) is 1.54. The number of rotatable bonds is 1. The van der Waals surface area contributed by atoms with E-state index in [0.717, 1.165) is 5.56 Å². The van der Waals surface area contributed by atoms with Crippen LogP contribution in [0.4, 0.5) is 0 Å². The van der Waals surface area contributed by atoms with Gasteiger partial charge in [0.1, 0.15) is 5.69 Å². The summed E-state index contributed by atoms with van der Waals surface area (Å²) in [6, 6.07) is 3.25. The monoisotopic (exact) mass is 162 g/mol. The van der Waals surface area contributed by atoms with Crippen molar-refractivity contribution in [2.75, 3.05) is 0 Å². The van der Waals surface area contributed by atoms with Gasteiger partial charge in [0.05, 0.1) is 0 Å². The molecule has 0 aliphatic carbocycles. The van der Waals surface area contributed by atoms with Crippen LogP contribution in [0.25, 0.3) is 10.4 Å². The third-order valence-electron chi connectivity index (χ3n) is 1.27. The average molecular weight is 162 g/mol. The summed E-state index contributed by atoms with van der Waals surface area (Å²) in [4.78, 5) is 17.0. The summed E-state index contributed by atoms with van der Waals surface area (Å²) in [5.74, 6) is -0.655. The van der Waals surface area contributed by atoms with Gasteiger partial charge in [0, 0.05) is 11.1 Å². The van der Waals surface area contributed by atoms with Gasteiger partial charge in [-0.25, -0.2) is 0 Å². The van der Waals surface area contributed by atoms with Gasteiger partial charge >= 0.3 is 0 Å². The molecule has 1 aromatic rings. The van der Waals surface area contributed by atoms with E-state index in [-0.39, 0.29) is 5.69 Å². The molecule has 0 unspecified atom stereocenters. The normalized spacial score (nSPS) is 8.75. The van der Waals surface area contributed by atoms with Crippen molar-refractivity contribution in [2.24, 2.45) is 5.11 Å². The van der Waals surface area contributed by atoms with Crippen LogP contribution in [0.2, 0.25) is 0 Å². The van der Waals surface area contributed by atoms with Gasteiger partial charge < -0.3 is 0 Å². The Morgan fingerprint density at radius 3 is 2.92 bits per heavy atom. The molecular formula is C7H6N4O. The summed E-state index contributed by atoms with van der Waals surface area (Å²) >= 11 is 0. The zero-order chi connectivity index (χ0) is 8.97. The minimum atomic E-state index is -0.655. The second kappa shape index (κ2) is 3.50. The van der Waals surface area contributed by atoms with E-state index in [9.17, 15) is 4.79 Å². The van der Waals surface area contributed by atoms with Gasteiger partial charge in [-0.2, -0.15) is 0 Å². The van der Waals surface area contributed by atoms with Crippen LogP contribution in [-0.2, 0) is 0 Å². The van der Waals surface area contributed by atoms with E-state index < -0.39 is 5.91 Å². The highest BCUT2D eigenvalue weighted by Gasteiger charge is 2.02. The molecule has 0 spiro atoms. The van der Waals surface area contributed by atoms with Crippen LogP contribution in [0.5, 0.6) is 0 Å². The molecule has 0 saturated carbocycles. The molecule has 0 fully saturated rings. The van der Waals surface area contributed by atoms with E-state index in [4.69, 9.17) is 5.53 Å². The molecule has 1 heterocycles. The number of aryl methyl sites for hydroxylation is 1. The van der Waals surface area contributed by atoms with Gasteiger partial charge in [-0.15, -0.1) is 0 Å². The first kappa shape index (κ1) is 8.23. The predicted molar refractivity (Wildman–Crippen MR) is 42.5 cm³/mol. The number of carbonyl (C=O) groups excluding carboxylic acids is 1. The van der Waals surface area contributed by atoms with Gasteiger partial charge in [0.25, 0.3) is 5.91 Å². The molecule has 1 amide bonds. The van der Waals surface area contributed by atoms with Crippen molar-refractivity contribution in [3.8, 4) is 0 Å². The van der Waals surface area contributed by atoms with Crippen molar-refractivity contribution in [3.63, 3.8) is 0 Å². The molecule has 0 aromatic carbocycles. The number of azide groups is 1. The molecule has 0 bridgehead atoms. The van der Waals surface area contributed by atoms with Gasteiger partial charge in [0.2, 0.25) is 0 Å². The van der Waals surface area contributed by atoms with Crippen LogP contribution in [0.1, 0.15) is 16.1 Å². The lowest BCUT2D eigenvalue weighted by molar-refractivity contribution is 0.0995. The van der Waals surface area contributed by atoms with Crippen molar-refractivity contribution in [1.29, 1.82) is 0 Å². The summed E-state index contributed by atoms with van der Waals surface area (Å²) in [5, 5.41) is 2.90.